The molecule has 5 nitrogen and oxygen atoms in total. The minimum absolute atomic E-state index is 0.349. The molecule has 0 aliphatic carbocycles. The zero-order valence-corrected chi connectivity index (χ0v) is 15.4. The molecular weight excluding hydrogens is 351 g/mol. The van der Waals surface area contributed by atoms with Crippen LogP contribution in [0.1, 0.15) is 6.92 Å². The minimum Gasteiger partial charge on any atom is -0.345 e. The summed E-state index contributed by atoms with van der Waals surface area (Å²) >= 11 is 1.39. The third kappa shape index (κ3) is 3.27. The maximum absolute atomic E-state index is 13.6. The van der Waals surface area contributed by atoms with E-state index in [0.717, 1.165) is 11.0 Å². The maximum Gasteiger partial charge on any atom is 0.231 e. The zero-order valence-electron chi connectivity index (χ0n) is 14.6. The van der Waals surface area contributed by atoms with Gasteiger partial charge in [-0.25, -0.2) is 14.1 Å². The Labute approximate surface area is 155 Å². The smallest absolute Gasteiger partial charge is 0.231 e. The van der Waals surface area contributed by atoms with Crippen molar-refractivity contribution in [1.29, 1.82) is 0 Å². The first-order valence-electron chi connectivity index (χ1n) is 8.11. The van der Waals surface area contributed by atoms with Crippen LogP contribution in [0.5, 0.6) is 0 Å². The fraction of sp³-hybridized carbons (Fsp3) is 0.211. The lowest BCUT2D eigenvalue weighted by molar-refractivity contribution is -0.00902. The Morgan fingerprint density at radius 3 is 2.85 bits per heavy atom. The number of benzene rings is 2. The SMILES string of the molecule is C=CC(OCC)(C(=Nc1cccc(F)c1)SC)n1nnc2ccccc21. The summed E-state index contributed by atoms with van der Waals surface area (Å²) in [6, 6.07) is 13.7. The number of aliphatic imine (C=N–C) groups is 1. The van der Waals surface area contributed by atoms with Crippen molar-refractivity contribution in [3.63, 3.8) is 0 Å². The second-order valence-corrected chi connectivity index (χ2v) is 6.22. The number of halogens is 1. The lowest BCUT2D eigenvalue weighted by atomic mass is 10.2. The van der Waals surface area contributed by atoms with Gasteiger partial charge in [0.2, 0.25) is 5.72 Å². The van der Waals surface area contributed by atoms with Gasteiger partial charge in [0, 0.05) is 6.61 Å². The van der Waals surface area contributed by atoms with Crippen molar-refractivity contribution < 1.29 is 9.13 Å². The number of aromatic nitrogens is 3. The van der Waals surface area contributed by atoms with E-state index in [0.29, 0.717) is 17.3 Å². The fourth-order valence-electron chi connectivity index (χ4n) is 2.72. The lowest BCUT2D eigenvalue weighted by Crippen LogP contribution is -2.42. The topological polar surface area (TPSA) is 52.3 Å². The van der Waals surface area contributed by atoms with Crippen molar-refractivity contribution in [2.75, 3.05) is 12.9 Å². The van der Waals surface area contributed by atoms with Crippen LogP contribution in [-0.4, -0.2) is 32.9 Å². The average Bonchev–Trinajstić information content (AvgIpc) is 3.09. The maximum atomic E-state index is 13.6. The van der Waals surface area contributed by atoms with Crippen molar-refractivity contribution in [3.8, 4) is 0 Å². The number of rotatable bonds is 6. The highest BCUT2D eigenvalue weighted by molar-refractivity contribution is 8.13. The van der Waals surface area contributed by atoms with Gasteiger partial charge in [0.1, 0.15) is 16.4 Å². The van der Waals surface area contributed by atoms with E-state index < -0.39 is 5.72 Å². The van der Waals surface area contributed by atoms with Crippen LogP contribution in [0.15, 0.2) is 66.2 Å². The van der Waals surface area contributed by atoms with Gasteiger partial charge in [0.05, 0.1) is 11.2 Å². The molecule has 0 aliphatic rings. The number of nitrogens with zero attached hydrogens (tertiary/aromatic N) is 4. The van der Waals surface area contributed by atoms with Crippen LogP contribution in [0.25, 0.3) is 11.0 Å². The molecule has 3 aromatic rings. The molecule has 1 aromatic heterocycles. The van der Waals surface area contributed by atoms with Gasteiger partial charge in [0.25, 0.3) is 0 Å². The molecule has 0 N–H and O–H groups in total. The molecule has 0 fully saturated rings. The first-order chi connectivity index (χ1) is 12.6. The molecule has 0 bridgehead atoms. The summed E-state index contributed by atoms with van der Waals surface area (Å²) in [7, 11) is 0. The molecule has 2 aromatic carbocycles. The Kier molecular flexibility index (Phi) is 5.49. The first kappa shape index (κ1) is 18.3. The highest BCUT2D eigenvalue weighted by Gasteiger charge is 2.38. The summed E-state index contributed by atoms with van der Waals surface area (Å²) in [6.45, 7) is 6.25. The third-order valence-corrected chi connectivity index (χ3v) is 4.62. The molecule has 0 saturated carbocycles. The second-order valence-electron chi connectivity index (χ2n) is 5.42. The molecule has 0 aliphatic heterocycles. The summed E-state index contributed by atoms with van der Waals surface area (Å²) in [4.78, 5) is 4.62. The quantitative estimate of drug-likeness (QED) is 0.363. The average molecular weight is 370 g/mol. The first-order valence-corrected chi connectivity index (χ1v) is 9.34. The number of ether oxygens (including phenoxy) is 1. The van der Waals surface area contributed by atoms with E-state index in [9.17, 15) is 4.39 Å². The molecule has 7 heteroatoms. The Bertz CT molecular complexity index is 955. The monoisotopic (exact) mass is 370 g/mol. The van der Waals surface area contributed by atoms with E-state index in [1.165, 1.54) is 23.9 Å². The third-order valence-electron chi connectivity index (χ3n) is 3.85. The van der Waals surface area contributed by atoms with E-state index in [1.54, 1.807) is 22.9 Å². The standard InChI is InChI=1S/C19H19FN4OS/c1-4-19(25-5-2,24-17-12-7-6-11-16(17)22-23-24)18(26-3)21-15-10-8-9-14(20)13-15/h4,6-13H,1,5H2,2-3H3. The van der Waals surface area contributed by atoms with Crippen molar-refractivity contribution in [2.45, 2.75) is 12.6 Å². The van der Waals surface area contributed by atoms with Gasteiger partial charge in [-0.15, -0.1) is 16.9 Å². The molecule has 3 rings (SSSR count). The second kappa shape index (κ2) is 7.80. The Morgan fingerprint density at radius 2 is 2.15 bits per heavy atom. The van der Waals surface area contributed by atoms with Crippen molar-refractivity contribution in [1.82, 2.24) is 15.0 Å². The van der Waals surface area contributed by atoms with Crippen LogP contribution < -0.4 is 0 Å². The minimum atomic E-state index is -1.14. The normalized spacial score (nSPS) is 14.3. The van der Waals surface area contributed by atoms with Crippen molar-refractivity contribution >= 4 is 33.5 Å². The summed E-state index contributed by atoms with van der Waals surface area (Å²) in [5, 5.41) is 9.08. The van der Waals surface area contributed by atoms with Crippen LogP contribution >= 0.6 is 11.8 Å². The lowest BCUT2D eigenvalue weighted by Gasteiger charge is -2.31. The van der Waals surface area contributed by atoms with E-state index in [-0.39, 0.29) is 5.82 Å². The van der Waals surface area contributed by atoms with E-state index >= 15 is 0 Å². The fourth-order valence-corrected chi connectivity index (χ4v) is 3.43. The molecule has 0 spiro atoms. The molecule has 26 heavy (non-hydrogen) atoms. The van der Waals surface area contributed by atoms with Gasteiger partial charge in [-0.2, -0.15) is 0 Å². The number of fused-ring (bicyclic) bond motifs is 1. The molecule has 1 heterocycles. The van der Waals surface area contributed by atoms with Crippen LogP contribution in [-0.2, 0) is 10.5 Å². The molecule has 1 atom stereocenters. The summed E-state index contributed by atoms with van der Waals surface area (Å²) in [6.07, 6.45) is 3.53. The number of hydrogen-bond acceptors (Lipinski definition) is 5. The van der Waals surface area contributed by atoms with Crippen LogP contribution in [0.2, 0.25) is 0 Å². The largest absolute Gasteiger partial charge is 0.345 e. The van der Waals surface area contributed by atoms with Crippen LogP contribution in [0, 0.1) is 5.82 Å². The van der Waals surface area contributed by atoms with Gasteiger partial charge < -0.3 is 4.74 Å². The Hall–Kier alpha value is -2.51. The number of para-hydroxylation sites is 1. The predicted octanol–water partition coefficient (Wildman–Crippen LogP) is 4.54. The van der Waals surface area contributed by atoms with Gasteiger partial charge in [-0.3, -0.25) is 0 Å². The zero-order chi connectivity index (χ0) is 18.6. The summed E-state index contributed by atoms with van der Waals surface area (Å²) < 4.78 is 21.3. The van der Waals surface area contributed by atoms with Crippen molar-refractivity contribution in [2.24, 2.45) is 4.99 Å². The molecule has 0 radical (unpaired) electrons. The molecule has 134 valence electrons. The van der Waals surface area contributed by atoms with Gasteiger partial charge in [-0.1, -0.05) is 30.0 Å². The molecule has 1 unspecified atom stereocenters. The molecular formula is C19H19FN4OS. The Balaban J connectivity index is 2.22. The van der Waals surface area contributed by atoms with E-state index in [1.807, 2.05) is 37.4 Å². The Morgan fingerprint density at radius 1 is 1.35 bits per heavy atom. The highest BCUT2D eigenvalue weighted by atomic mass is 32.2. The summed E-state index contributed by atoms with van der Waals surface area (Å²) in [5.74, 6) is -0.349. The van der Waals surface area contributed by atoms with Crippen molar-refractivity contribution in [3.05, 3.63) is 67.0 Å². The predicted molar refractivity (Wildman–Crippen MR) is 104 cm³/mol. The van der Waals surface area contributed by atoms with Gasteiger partial charge >= 0.3 is 0 Å². The van der Waals surface area contributed by atoms with Gasteiger partial charge in [0.15, 0.2) is 0 Å². The molecule has 0 amide bonds. The van der Waals surface area contributed by atoms with E-state index in [4.69, 9.17) is 4.74 Å². The van der Waals surface area contributed by atoms with E-state index in [2.05, 4.69) is 21.9 Å². The summed E-state index contributed by atoms with van der Waals surface area (Å²) in [5.41, 5.74) is 0.882. The van der Waals surface area contributed by atoms with Crippen LogP contribution in [0.3, 0.4) is 0 Å². The number of hydrogen-bond donors (Lipinski definition) is 0. The highest BCUT2D eigenvalue weighted by Crippen LogP contribution is 2.32. The van der Waals surface area contributed by atoms with Crippen LogP contribution in [0.4, 0.5) is 10.1 Å². The van der Waals surface area contributed by atoms with Gasteiger partial charge in [-0.05, 0) is 49.6 Å². The number of thioether (sulfide) groups is 1. The molecule has 0 saturated heterocycles.